The van der Waals surface area contributed by atoms with Crippen LogP contribution < -0.4 is 4.90 Å². The molecule has 1 aliphatic carbocycles. The van der Waals surface area contributed by atoms with E-state index < -0.39 is 5.41 Å². The number of hydrogen-bond donors (Lipinski definition) is 0. The van der Waals surface area contributed by atoms with Gasteiger partial charge in [0.1, 0.15) is 11.7 Å². The number of fused-ring (bicyclic) bond motifs is 1. The van der Waals surface area contributed by atoms with Crippen molar-refractivity contribution in [3.63, 3.8) is 0 Å². The molecular weight excluding hydrogens is 330 g/mol. The summed E-state index contributed by atoms with van der Waals surface area (Å²) in [5.74, 6) is 0.748. The Balaban J connectivity index is 1.58. The molecular formula is C18H17N7O. The highest BCUT2D eigenvalue weighted by Crippen LogP contribution is 2.52. The zero-order valence-corrected chi connectivity index (χ0v) is 14.3. The third-order valence-electron chi connectivity index (χ3n) is 5.47. The highest BCUT2D eigenvalue weighted by molar-refractivity contribution is 6.05. The minimum atomic E-state index is -0.849. The van der Waals surface area contributed by atoms with Gasteiger partial charge in [0.05, 0.1) is 17.3 Å². The topological polar surface area (TPSA) is 92.1 Å². The highest BCUT2D eigenvalue weighted by atomic mass is 16.2. The first-order chi connectivity index (χ1) is 12.6. The van der Waals surface area contributed by atoms with E-state index in [0.29, 0.717) is 18.8 Å². The number of rotatable bonds is 3. The van der Waals surface area contributed by atoms with Crippen LogP contribution in [0.1, 0.15) is 19.3 Å². The van der Waals surface area contributed by atoms with E-state index in [0.717, 1.165) is 29.6 Å². The lowest BCUT2D eigenvalue weighted by Gasteiger charge is -2.21. The van der Waals surface area contributed by atoms with Crippen molar-refractivity contribution in [3.05, 3.63) is 30.9 Å². The Kier molecular flexibility index (Phi) is 2.98. The second-order valence-electron chi connectivity index (χ2n) is 7.08. The van der Waals surface area contributed by atoms with Gasteiger partial charge in [0.15, 0.2) is 5.82 Å². The van der Waals surface area contributed by atoms with Gasteiger partial charge >= 0.3 is 0 Å². The highest BCUT2D eigenvalue weighted by Gasteiger charge is 2.56. The normalized spacial score (nSPS) is 22.9. The molecule has 4 heterocycles. The van der Waals surface area contributed by atoms with E-state index in [-0.39, 0.29) is 11.8 Å². The molecule has 26 heavy (non-hydrogen) atoms. The predicted molar refractivity (Wildman–Crippen MR) is 92.9 cm³/mol. The number of aryl methyl sites for hydroxylation is 1. The first-order valence-electron chi connectivity index (χ1n) is 8.69. The summed E-state index contributed by atoms with van der Waals surface area (Å²) >= 11 is 0. The molecule has 1 saturated heterocycles. The number of anilines is 1. The van der Waals surface area contributed by atoms with E-state index >= 15 is 0 Å². The molecule has 2 fully saturated rings. The largest absolute Gasteiger partial charge is 0.309 e. The molecule has 130 valence electrons. The number of aromatic nitrogens is 5. The van der Waals surface area contributed by atoms with Crippen LogP contribution in [0.2, 0.25) is 0 Å². The van der Waals surface area contributed by atoms with Crippen LogP contribution in [0, 0.1) is 22.7 Å². The second-order valence-corrected chi connectivity index (χ2v) is 7.08. The van der Waals surface area contributed by atoms with Gasteiger partial charge in [-0.25, -0.2) is 9.50 Å². The average Bonchev–Trinajstić information content (AvgIpc) is 3.12. The fraction of sp³-hybridized carbons (Fsp3) is 0.389. The second kappa shape index (κ2) is 5.14. The molecule has 8 heteroatoms. The van der Waals surface area contributed by atoms with Crippen LogP contribution in [0.3, 0.4) is 0 Å². The van der Waals surface area contributed by atoms with Gasteiger partial charge in [0.25, 0.3) is 0 Å². The molecule has 1 amide bonds. The van der Waals surface area contributed by atoms with Crippen LogP contribution in [0.5, 0.6) is 0 Å². The van der Waals surface area contributed by atoms with Crippen molar-refractivity contribution < 1.29 is 4.79 Å². The van der Waals surface area contributed by atoms with Gasteiger partial charge in [-0.15, -0.1) is 0 Å². The molecule has 2 aliphatic rings. The SMILES string of the molecule is Cn1cnc(-c2cc3c(N4CC[C@@](C#N)(C5CC5)C4=O)ccnn3c2)n1. The standard InChI is InChI=1S/C18H17N7O/c1-23-11-20-16(22-23)12-8-15-14(4-6-21-25(15)9-12)24-7-5-18(10-19,17(24)26)13-2-3-13/h4,6,8-9,11,13H,2-3,5,7H2,1H3/t18-/m1/s1. The summed E-state index contributed by atoms with van der Waals surface area (Å²) in [5, 5.41) is 18.4. The van der Waals surface area contributed by atoms with Gasteiger partial charge in [0, 0.05) is 31.5 Å². The number of carbonyl (C=O) groups is 1. The summed E-state index contributed by atoms with van der Waals surface area (Å²) < 4.78 is 3.38. The minimum absolute atomic E-state index is 0.0747. The summed E-state index contributed by atoms with van der Waals surface area (Å²) in [5.41, 5.74) is 1.59. The van der Waals surface area contributed by atoms with Gasteiger partial charge in [-0.05, 0) is 37.3 Å². The summed E-state index contributed by atoms with van der Waals surface area (Å²) in [6.45, 7) is 0.560. The van der Waals surface area contributed by atoms with Gasteiger partial charge in [-0.1, -0.05) is 0 Å². The van der Waals surface area contributed by atoms with Crippen molar-refractivity contribution in [3.8, 4) is 17.5 Å². The third-order valence-corrected chi connectivity index (χ3v) is 5.47. The Labute approximate surface area is 149 Å². The first-order valence-corrected chi connectivity index (χ1v) is 8.69. The lowest BCUT2D eigenvalue weighted by Crippen LogP contribution is -2.35. The number of nitriles is 1. The molecule has 0 unspecified atom stereocenters. The summed E-state index contributed by atoms with van der Waals surface area (Å²) in [6.07, 6.45) is 7.71. The maximum Gasteiger partial charge on any atom is 0.247 e. The first kappa shape index (κ1) is 15.1. The van der Waals surface area contributed by atoms with Gasteiger partial charge in [0.2, 0.25) is 5.91 Å². The number of amides is 1. The van der Waals surface area contributed by atoms with Gasteiger partial charge in [-0.2, -0.15) is 15.5 Å². The molecule has 1 aliphatic heterocycles. The van der Waals surface area contributed by atoms with Crippen LogP contribution in [0.15, 0.2) is 30.9 Å². The summed E-state index contributed by atoms with van der Waals surface area (Å²) in [4.78, 5) is 19.1. The lowest BCUT2D eigenvalue weighted by molar-refractivity contribution is -0.123. The smallest absolute Gasteiger partial charge is 0.247 e. The average molecular weight is 347 g/mol. The van der Waals surface area contributed by atoms with E-state index in [1.54, 1.807) is 26.6 Å². The van der Waals surface area contributed by atoms with Crippen molar-refractivity contribution in [2.75, 3.05) is 11.4 Å². The zero-order valence-electron chi connectivity index (χ0n) is 14.3. The Morgan fingerprint density at radius 3 is 2.92 bits per heavy atom. The van der Waals surface area contributed by atoms with Crippen molar-refractivity contribution in [2.45, 2.75) is 19.3 Å². The van der Waals surface area contributed by atoms with Crippen LogP contribution >= 0.6 is 0 Å². The molecule has 1 saturated carbocycles. The van der Waals surface area contributed by atoms with E-state index in [1.165, 1.54) is 0 Å². The van der Waals surface area contributed by atoms with Gasteiger partial charge in [-0.3, -0.25) is 9.48 Å². The zero-order chi connectivity index (χ0) is 17.9. The lowest BCUT2D eigenvalue weighted by atomic mass is 9.83. The molecule has 3 aromatic heterocycles. The fourth-order valence-corrected chi connectivity index (χ4v) is 3.94. The van der Waals surface area contributed by atoms with Crippen LogP contribution in [0.4, 0.5) is 5.69 Å². The monoisotopic (exact) mass is 347 g/mol. The van der Waals surface area contributed by atoms with Crippen molar-refractivity contribution in [2.24, 2.45) is 18.4 Å². The molecule has 0 radical (unpaired) electrons. The number of hydrogen-bond acceptors (Lipinski definition) is 5. The summed E-state index contributed by atoms with van der Waals surface area (Å²) in [6, 6.07) is 6.11. The van der Waals surface area contributed by atoms with Crippen LogP contribution in [0.25, 0.3) is 16.9 Å². The summed E-state index contributed by atoms with van der Waals surface area (Å²) in [7, 11) is 1.82. The molecule has 0 bridgehead atoms. The number of carbonyl (C=O) groups excluding carboxylic acids is 1. The van der Waals surface area contributed by atoms with Crippen molar-refractivity contribution in [1.82, 2.24) is 24.4 Å². The molecule has 3 aromatic rings. The Bertz CT molecular complexity index is 1070. The van der Waals surface area contributed by atoms with Crippen molar-refractivity contribution >= 4 is 17.1 Å². The van der Waals surface area contributed by atoms with E-state index in [1.807, 2.05) is 25.4 Å². The minimum Gasteiger partial charge on any atom is -0.309 e. The van der Waals surface area contributed by atoms with Crippen LogP contribution in [-0.2, 0) is 11.8 Å². The quantitative estimate of drug-likeness (QED) is 0.720. The Morgan fingerprint density at radius 2 is 2.23 bits per heavy atom. The predicted octanol–water partition coefficient (Wildman–Crippen LogP) is 1.79. The van der Waals surface area contributed by atoms with E-state index in [9.17, 15) is 10.1 Å². The molecule has 0 N–H and O–H groups in total. The molecule has 0 spiro atoms. The molecule has 8 nitrogen and oxygen atoms in total. The fourth-order valence-electron chi connectivity index (χ4n) is 3.94. The van der Waals surface area contributed by atoms with Gasteiger partial charge < -0.3 is 4.90 Å². The maximum absolute atomic E-state index is 13.1. The van der Waals surface area contributed by atoms with Crippen molar-refractivity contribution in [1.29, 1.82) is 5.26 Å². The molecule has 5 rings (SSSR count). The third kappa shape index (κ3) is 2.00. The molecule has 0 aromatic carbocycles. The Hall–Kier alpha value is -3.21. The number of nitrogens with zero attached hydrogens (tertiary/aromatic N) is 7. The molecule has 1 atom stereocenters. The Morgan fingerprint density at radius 1 is 1.38 bits per heavy atom. The van der Waals surface area contributed by atoms with E-state index in [4.69, 9.17) is 0 Å². The maximum atomic E-state index is 13.1. The van der Waals surface area contributed by atoms with E-state index in [2.05, 4.69) is 21.3 Å². The van der Waals surface area contributed by atoms with Crippen LogP contribution in [-0.4, -0.2) is 36.8 Å².